The molecule has 0 bridgehead atoms. The number of aliphatic hydroxyl groups is 2. The van der Waals surface area contributed by atoms with Gasteiger partial charge in [0.1, 0.15) is 0 Å². The molecule has 0 aliphatic carbocycles. The highest BCUT2D eigenvalue weighted by Gasteiger charge is 1.77. The summed E-state index contributed by atoms with van der Waals surface area (Å²) in [6, 6.07) is 0. The van der Waals surface area contributed by atoms with Crippen LogP contribution >= 0.6 is 0 Å². The molecule has 0 saturated heterocycles. The first-order chi connectivity index (χ1) is 3.31. The second kappa shape index (κ2) is 3.28. The van der Waals surface area contributed by atoms with Gasteiger partial charge in [0, 0.05) is 0 Å². The topological polar surface area (TPSA) is 40.5 Å². The van der Waals surface area contributed by atoms with E-state index in [2.05, 4.69) is 0 Å². The van der Waals surface area contributed by atoms with E-state index in [9.17, 15) is 0 Å². The summed E-state index contributed by atoms with van der Waals surface area (Å²) < 4.78 is 0. The lowest BCUT2D eigenvalue weighted by Gasteiger charge is -1.79. The van der Waals surface area contributed by atoms with Gasteiger partial charge in [0.15, 0.2) is 5.76 Å². The molecule has 7 heavy (non-hydrogen) atoms. The number of aliphatic hydroxyl groups excluding tert-OH is 2. The first-order valence-electron chi connectivity index (χ1n) is 1.90. The Balaban J connectivity index is 3.58. The Morgan fingerprint density at radius 3 is 2.43 bits per heavy atom. The molecular weight excluding hydrogens is 92.1 g/mol. The lowest BCUT2D eigenvalue weighted by molar-refractivity contribution is 0.357. The van der Waals surface area contributed by atoms with Crippen molar-refractivity contribution in [2.75, 3.05) is 0 Å². The van der Waals surface area contributed by atoms with E-state index in [-0.39, 0.29) is 5.76 Å². The maximum absolute atomic E-state index is 8.33. The molecule has 2 heteroatoms. The molecule has 0 unspecified atom stereocenters. The number of rotatable bonds is 1. The maximum atomic E-state index is 8.33. The molecule has 1 radical (unpaired) electrons. The zero-order chi connectivity index (χ0) is 5.70. The standard InChI is InChI=1S/C5H7O2/c1-2-3-5(7)4-6/h2-3,6-7H,1H3/b3-2+,5-4?. The summed E-state index contributed by atoms with van der Waals surface area (Å²) in [7, 11) is 0. The third kappa shape index (κ3) is 2.89. The highest BCUT2D eigenvalue weighted by Crippen LogP contribution is 1.84. The van der Waals surface area contributed by atoms with Crippen LogP contribution in [0.25, 0.3) is 0 Å². The van der Waals surface area contributed by atoms with Crippen molar-refractivity contribution in [3.63, 3.8) is 0 Å². The molecule has 2 N–H and O–H groups in total. The van der Waals surface area contributed by atoms with Crippen LogP contribution in [0.4, 0.5) is 0 Å². The molecule has 0 aromatic carbocycles. The van der Waals surface area contributed by atoms with Crippen LogP contribution in [0.2, 0.25) is 0 Å². The fourth-order valence-corrected chi connectivity index (χ4v) is 0.195. The number of allylic oxidation sites excluding steroid dienone is 2. The fraction of sp³-hybridized carbons (Fsp3) is 0.200. The van der Waals surface area contributed by atoms with Gasteiger partial charge >= 0.3 is 0 Å². The second-order valence-electron chi connectivity index (χ2n) is 0.997. The fourth-order valence-electron chi connectivity index (χ4n) is 0.195. The molecular formula is C5H7O2. The average Bonchev–Trinajstić information content (AvgIpc) is 1.68. The van der Waals surface area contributed by atoms with Crippen molar-refractivity contribution in [2.45, 2.75) is 6.92 Å². The molecule has 0 amide bonds. The molecule has 0 fully saturated rings. The van der Waals surface area contributed by atoms with Gasteiger partial charge in [-0.25, -0.2) is 0 Å². The minimum atomic E-state index is -0.248. The van der Waals surface area contributed by atoms with Gasteiger partial charge in [0.2, 0.25) is 6.26 Å². The van der Waals surface area contributed by atoms with Crippen LogP contribution in [-0.2, 0) is 0 Å². The van der Waals surface area contributed by atoms with Gasteiger partial charge in [-0.15, -0.1) is 0 Å². The molecule has 0 saturated carbocycles. The van der Waals surface area contributed by atoms with Crippen LogP contribution in [-0.4, -0.2) is 10.2 Å². The molecule has 0 aliphatic heterocycles. The van der Waals surface area contributed by atoms with E-state index in [1.54, 1.807) is 19.3 Å². The minimum absolute atomic E-state index is 0.248. The van der Waals surface area contributed by atoms with E-state index in [4.69, 9.17) is 10.2 Å². The van der Waals surface area contributed by atoms with Crippen molar-refractivity contribution in [3.05, 3.63) is 24.2 Å². The van der Waals surface area contributed by atoms with Gasteiger partial charge in [0.05, 0.1) is 0 Å². The predicted molar refractivity (Wildman–Crippen MR) is 26.8 cm³/mol. The molecule has 0 aliphatic rings. The third-order valence-corrected chi connectivity index (χ3v) is 0.439. The number of hydrogen-bond donors (Lipinski definition) is 2. The van der Waals surface area contributed by atoms with E-state index >= 15 is 0 Å². The SMILES string of the molecule is C/C=C/C(O)=[C]\O. The van der Waals surface area contributed by atoms with E-state index in [0.717, 1.165) is 0 Å². The smallest absolute Gasteiger partial charge is 0.204 e. The summed E-state index contributed by atoms with van der Waals surface area (Å²) in [5.41, 5.74) is 0. The molecule has 0 spiro atoms. The zero-order valence-electron chi connectivity index (χ0n) is 4.05. The highest BCUT2D eigenvalue weighted by atomic mass is 16.3. The van der Waals surface area contributed by atoms with Crippen LogP contribution in [0, 0.1) is 6.26 Å². The van der Waals surface area contributed by atoms with E-state index in [0.29, 0.717) is 0 Å². The van der Waals surface area contributed by atoms with Crippen LogP contribution in [0.5, 0.6) is 0 Å². The first kappa shape index (κ1) is 6.08. The van der Waals surface area contributed by atoms with E-state index in [1.807, 2.05) is 0 Å². The summed E-state index contributed by atoms with van der Waals surface area (Å²) in [5, 5.41) is 16.2. The average molecular weight is 99.1 g/mol. The molecule has 0 aromatic heterocycles. The summed E-state index contributed by atoms with van der Waals surface area (Å²) in [4.78, 5) is 0. The van der Waals surface area contributed by atoms with Crippen molar-refractivity contribution < 1.29 is 10.2 Å². The summed E-state index contributed by atoms with van der Waals surface area (Å²) in [6.45, 7) is 1.73. The number of hydrogen-bond acceptors (Lipinski definition) is 2. The quantitative estimate of drug-likeness (QED) is 0.384. The van der Waals surface area contributed by atoms with E-state index in [1.165, 1.54) is 6.08 Å². The lowest BCUT2D eigenvalue weighted by atomic mass is 10.5. The third-order valence-electron chi connectivity index (χ3n) is 0.439. The van der Waals surface area contributed by atoms with Crippen molar-refractivity contribution in [2.24, 2.45) is 0 Å². The largest absolute Gasteiger partial charge is 0.504 e. The monoisotopic (exact) mass is 99.0 g/mol. The van der Waals surface area contributed by atoms with Crippen LogP contribution < -0.4 is 0 Å². The van der Waals surface area contributed by atoms with Crippen LogP contribution in [0.3, 0.4) is 0 Å². The van der Waals surface area contributed by atoms with Crippen molar-refractivity contribution in [3.8, 4) is 0 Å². The summed E-state index contributed by atoms with van der Waals surface area (Å²) >= 11 is 0. The normalized spacial score (nSPS) is 13.0. The highest BCUT2D eigenvalue weighted by molar-refractivity contribution is 5.02. The molecule has 0 atom stereocenters. The minimum Gasteiger partial charge on any atom is -0.504 e. The van der Waals surface area contributed by atoms with Gasteiger partial charge in [-0.1, -0.05) is 6.08 Å². The van der Waals surface area contributed by atoms with Gasteiger partial charge in [0.25, 0.3) is 0 Å². The Bertz CT molecular complexity index is 92.3. The molecule has 2 nitrogen and oxygen atoms in total. The van der Waals surface area contributed by atoms with Crippen LogP contribution in [0.15, 0.2) is 17.9 Å². The Kier molecular flexibility index (Phi) is 2.85. The Labute approximate surface area is 42.4 Å². The second-order valence-corrected chi connectivity index (χ2v) is 0.997. The Morgan fingerprint density at radius 1 is 1.71 bits per heavy atom. The van der Waals surface area contributed by atoms with Crippen LogP contribution in [0.1, 0.15) is 6.92 Å². The summed E-state index contributed by atoms with van der Waals surface area (Å²) in [6.07, 6.45) is 4.48. The van der Waals surface area contributed by atoms with Gasteiger partial charge in [-0.3, -0.25) is 0 Å². The van der Waals surface area contributed by atoms with Gasteiger partial charge in [-0.05, 0) is 13.0 Å². The van der Waals surface area contributed by atoms with Crippen molar-refractivity contribution in [1.82, 2.24) is 0 Å². The predicted octanol–water partition coefficient (Wildman–Crippen LogP) is 1.32. The molecule has 39 valence electrons. The molecule has 0 rings (SSSR count). The zero-order valence-corrected chi connectivity index (χ0v) is 4.05. The van der Waals surface area contributed by atoms with E-state index < -0.39 is 0 Å². The molecule has 0 aromatic rings. The lowest BCUT2D eigenvalue weighted by Crippen LogP contribution is -1.70. The Morgan fingerprint density at radius 2 is 2.29 bits per heavy atom. The van der Waals surface area contributed by atoms with Gasteiger partial charge < -0.3 is 10.2 Å². The van der Waals surface area contributed by atoms with Gasteiger partial charge in [-0.2, -0.15) is 0 Å². The van der Waals surface area contributed by atoms with Crippen molar-refractivity contribution in [1.29, 1.82) is 0 Å². The van der Waals surface area contributed by atoms with Crippen molar-refractivity contribution >= 4 is 0 Å². The molecule has 0 heterocycles. The maximum Gasteiger partial charge on any atom is 0.204 e. The Hall–Kier alpha value is -0.920. The summed E-state index contributed by atoms with van der Waals surface area (Å²) in [5.74, 6) is -0.248. The first-order valence-corrected chi connectivity index (χ1v) is 1.90.